The lowest BCUT2D eigenvalue weighted by atomic mass is 10.2. The van der Waals surface area contributed by atoms with Gasteiger partial charge in [-0.25, -0.2) is 8.78 Å². The maximum atomic E-state index is 13.6. The monoisotopic (exact) mass is 329 g/mol. The van der Waals surface area contributed by atoms with E-state index in [2.05, 4.69) is 10.4 Å². The lowest BCUT2D eigenvalue weighted by Gasteiger charge is -2.09. The number of halogens is 2. The molecule has 0 aliphatic carbocycles. The van der Waals surface area contributed by atoms with E-state index < -0.39 is 23.0 Å². The van der Waals surface area contributed by atoms with E-state index in [0.717, 1.165) is 6.07 Å². The van der Waals surface area contributed by atoms with Crippen LogP contribution in [0.2, 0.25) is 0 Å². The van der Waals surface area contributed by atoms with Crippen molar-refractivity contribution in [3.8, 4) is 0 Å². The normalized spacial score (nSPS) is 10.8. The number of fused-ring (bicyclic) bond motifs is 1. The zero-order valence-corrected chi connectivity index (χ0v) is 12.7. The highest BCUT2D eigenvalue weighted by Crippen LogP contribution is 2.11. The molecule has 2 aromatic carbocycles. The summed E-state index contributed by atoms with van der Waals surface area (Å²) >= 11 is 0. The van der Waals surface area contributed by atoms with Gasteiger partial charge in [-0.15, -0.1) is 0 Å². The van der Waals surface area contributed by atoms with Gasteiger partial charge >= 0.3 is 0 Å². The van der Waals surface area contributed by atoms with E-state index in [9.17, 15) is 18.4 Å². The lowest BCUT2D eigenvalue weighted by molar-refractivity contribution is 0.0942. The van der Waals surface area contributed by atoms with Crippen LogP contribution in [0.25, 0.3) is 10.9 Å². The van der Waals surface area contributed by atoms with Gasteiger partial charge in [-0.05, 0) is 24.3 Å². The molecule has 0 saturated heterocycles. The van der Waals surface area contributed by atoms with Crippen LogP contribution in [0.15, 0.2) is 47.3 Å². The highest BCUT2D eigenvalue weighted by molar-refractivity contribution is 5.95. The van der Waals surface area contributed by atoms with Crippen LogP contribution in [0.5, 0.6) is 0 Å². The van der Waals surface area contributed by atoms with Crippen LogP contribution in [0.1, 0.15) is 16.1 Å². The average Bonchev–Trinajstić information content (AvgIpc) is 2.57. The fourth-order valence-corrected chi connectivity index (χ4v) is 2.40. The Balaban J connectivity index is 1.94. The Labute approximate surface area is 135 Å². The summed E-state index contributed by atoms with van der Waals surface area (Å²) in [5.74, 6) is -1.78. The predicted octanol–water partition coefficient (Wildman–Crippen LogP) is 2.14. The van der Waals surface area contributed by atoms with Crippen molar-refractivity contribution in [2.24, 2.45) is 7.05 Å². The Kier molecular flexibility index (Phi) is 4.07. The molecule has 5 nitrogen and oxygen atoms in total. The van der Waals surface area contributed by atoms with Crippen molar-refractivity contribution in [2.75, 3.05) is 0 Å². The van der Waals surface area contributed by atoms with Crippen LogP contribution in [0.4, 0.5) is 8.78 Å². The quantitative estimate of drug-likeness (QED) is 0.801. The Bertz CT molecular complexity index is 999. The molecule has 1 heterocycles. The third-order valence-corrected chi connectivity index (χ3v) is 3.63. The van der Waals surface area contributed by atoms with Crippen LogP contribution >= 0.6 is 0 Å². The summed E-state index contributed by atoms with van der Waals surface area (Å²) < 4.78 is 28.3. The van der Waals surface area contributed by atoms with Gasteiger partial charge in [0.05, 0.1) is 10.9 Å². The molecule has 0 atom stereocenters. The highest BCUT2D eigenvalue weighted by atomic mass is 19.1. The second-order valence-corrected chi connectivity index (χ2v) is 5.24. The molecule has 3 rings (SSSR count). The number of hydrogen-bond acceptors (Lipinski definition) is 3. The smallest absolute Gasteiger partial charge is 0.276 e. The summed E-state index contributed by atoms with van der Waals surface area (Å²) in [6, 6.07) is 9.67. The van der Waals surface area contributed by atoms with Gasteiger partial charge in [0.15, 0.2) is 5.69 Å². The molecule has 24 heavy (non-hydrogen) atoms. The van der Waals surface area contributed by atoms with Crippen molar-refractivity contribution < 1.29 is 13.6 Å². The Morgan fingerprint density at radius 1 is 1.21 bits per heavy atom. The molecule has 122 valence electrons. The molecule has 0 aliphatic rings. The summed E-state index contributed by atoms with van der Waals surface area (Å²) in [5, 5.41) is 6.45. The van der Waals surface area contributed by atoms with E-state index in [1.807, 2.05) is 0 Å². The van der Waals surface area contributed by atoms with E-state index in [4.69, 9.17) is 0 Å². The molecule has 0 aliphatic heterocycles. The summed E-state index contributed by atoms with van der Waals surface area (Å²) in [7, 11) is 1.55. The number of aromatic nitrogens is 2. The van der Waals surface area contributed by atoms with E-state index in [0.29, 0.717) is 5.52 Å². The van der Waals surface area contributed by atoms with Gasteiger partial charge in [0.2, 0.25) is 5.43 Å². The van der Waals surface area contributed by atoms with Crippen LogP contribution in [-0.4, -0.2) is 15.7 Å². The first-order valence-electron chi connectivity index (χ1n) is 7.15. The molecule has 1 amide bonds. The van der Waals surface area contributed by atoms with Crippen molar-refractivity contribution >= 4 is 16.8 Å². The van der Waals surface area contributed by atoms with Crippen LogP contribution in [0, 0.1) is 11.6 Å². The average molecular weight is 329 g/mol. The second-order valence-electron chi connectivity index (χ2n) is 5.24. The van der Waals surface area contributed by atoms with Gasteiger partial charge < -0.3 is 5.32 Å². The van der Waals surface area contributed by atoms with E-state index in [1.165, 1.54) is 35.0 Å². The molecule has 0 bridgehead atoms. The summed E-state index contributed by atoms with van der Waals surface area (Å²) in [6.45, 7) is -0.0858. The third-order valence-electron chi connectivity index (χ3n) is 3.63. The van der Waals surface area contributed by atoms with Gasteiger partial charge in [0.25, 0.3) is 5.91 Å². The largest absolute Gasteiger partial charge is 0.346 e. The van der Waals surface area contributed by atoms with Crippen LogP contribution in [-0.2, 0) is 13.6 Å². The standard InChI is InChI=1S/C17H13F2N3O2/c1-22-14-7-6-11(18)8-12(14)16(23)15(21-22)17(24)20-9-10-4-2-3-5-13(10)19/h2-8H,9H2,1H3,(H,20,24). The molecule has 0 unspecified atom stereocenters. The molecule has 0 saturated carbocycles. The van der Waals surface area contributed by atoms with Gasteiger partial charge in [-0.1, -0.05) is 18.2 Å². The Hall–Kier alpha value is -3.09. The number of nitrogens with zero attached hydrogens (tertiary/aromatic N) is 2. The predicted molar refractivity (Wildman–Crippen MR) is 84.5 cm³/mol. The van der Waals surface area contributed by atoms with E-state index in [1.54, 1.807) is 13.1 Å². The van der Waals surface area contributed by atoms with Gasteiger partial charge in [0, 0.05) is 19.2 Å². The summed E-state index contributed by atoms with van der Waals surface area (Å²) in [5.41, 5.74) is -0.345. The molecular weight excluding hydrogens is 316 g/mol. The SMILES string of the molecule is Cn1nc(C(=O)NCc2ccccc2F)c(=O)c2cc(F)ccc21. The van der Waals surface area contributed by atoms with Crippen molar-refractivity contribution in [3.63, 3.8) is 0 Å². The van der Waals surface area contributed by atoms with Crippen LogP contribution < -0.4 is 10.7 Å². The Morgan fingerprint density at radius 2 is 1.96 bits per heavy atom. The summed E-state index contributed by atoms with van der Waals surface area (Å²) in [6.07, 6.45) is 0. The van der Waals surface area contributed by atoms with Crippen molar-refractivity contribution in [1.29, 1.82) is 0 Å². The maximum absolute atomic E-state index is 13.6. The fraction of sp³-hybridized carbons (Fsp3) is 0.118. The molecule has 3 aromatic rings. The first-order valence-corrected chi connectivity index (χ1v) is 7.15. The van der Waals surface area contributed by atoms with Gasteiger partial charge in [-0.2, -0.15) is 5.10 Å². The highest BCUT2D eigenvalue weighted by Gasteiger charge is 2.17. The molecule has 1 aromatic heterocycles. The third kappa shape index (κ3) is 2.88. The van der Waals surface area contributed by atoms with Crippen molar-refractivity contribution in [2.45, 2.75) is 6.54 Å². The zero-order valence-electron chi connectivity index (χ0n) is 12.7. The lowest BCUT2D eigenvalue weighted by Crippen LogP contribution is -2.31. The second kappa shape index (κ2) is 6.19. The summed E-state index contributed by atoms with van der Waals surface area (Å²) in [4.78, 5) is 24.6. The molecule has 1 N–H and O–H groups in total. The molecule has 0 spiro atoms. The van der Waals surface area contributed by atoms with Gasteiger partial charge in [-0.3, -0.25) is 14.3 Å². The minimum atomic E-state index is -0.745. The maximum Gasteiger partial charge on any atom is 0.276 e. The first kappa shape index (κ1) is 15.8. The van der Waals surface area contributed by atoms with Gasteiger partial charge in [0.1, 0.15) is 11.6 Å². The molecule has 0 radical (unpaired) electrons. The van der Waals surface area contributed by atoms with E-state index >= 15 is 0 Å². The number of rotatable bonds is 3. The number of hydrogen-bond donors (Lipinski definition) is 1. The van der Waals surface area contributed by atoms with Crippen LogP contribution in [0.3, 0.4) is 0 Å². The molecule has 7 heteroatoms. The Morgan fingerprint density at radius 3 is 2.71 bits per heavy atom. The number of carbonyl (C=O) groups is 1. The number of benzene rings is 2. The topological polar surface area (TPSA) is 64.0 Å². The molecular formula is C17H13F2N3O2. The first-order chi connectivity index (χ1) is 11.5. The molecule has 0 fully saturated rings. The van der Waals surface area contributed by atoms with E-state index in [-0.39, 0.29) is 23.2 Å². The number of amides is 1. The number of aryl methyl sites for hydroxylation is 1. The fourth-order valence-electron chi connectivity index (χ4n) is 2.40. The number of nitrogens with one attached hydrogen (secondary N) is 1. The number of carbonyl (C=O) groups excluding carboxylic acids is 1. The minimum Gasteiger partial charge on any atom is -0.346 e. The zero-order chi connectivity index (χ0) is 17.3. The van der Waals surface area contributed by atoms with Crippen molar-refractivity contribution in [3.05, 3.63) is 75.6 Å². The van der Waals surface area contributed by atoms with Crippen molar-refractivity contribution in [1.82, 2.24) is 15.1 Å². The minimum absolute atomic E-state index is 0.0588.